The maximum Gasteiger partial charge on any atom is 0.331 e. The Morgan fingerprint density at radius 3 is 2.70 bits per heavy atom. The number of hydrogen-bond acceptors (Lipinski definition) is 5. The third-order valence-corrected chi connectivity index (χ3v) is 4.40. The molecule has 3 N–H and O–H groups in total. The van der Waals surface area contributed by atoms with Crippen molar-refractivity contribution in [1.82, 2.24) is 9.55 Å². The molecule has 1 heterocycles. The number of aromatic nitrogens is 2. The van der Waals surface area contributed by atoms with Gasteiger partial charge in [0, 0.05) is 11.9 Å². The fraction of sp³-hybridized carbons (Fsp3) is 0.250. The van der Waals surface area contributed by atoms with Crippen LogP contribution in [0.1, 0.15) is 32.3 Å². The maximum absolute atomic E-state index is 12.2. The second-order valence-corrected chi connectivity index (χ2v) is 6.30. The highest BCUT2D eigenvalue weighted by Crippen LogP contribution is 2.23. The summed E-state index contributed by atoms with van der Waals surface area (Å²) in [5.74, 6) is -0.363. The van der Waals surface area contributed by atoms with Crippen molar-refractivity contribution in [1.29, 1.82) is 0 Å². The molecule has 0 saturated carbocycles. The van der Waals surface area contributed by atoms with Crippen LogP contribution in [-0.2, 0) is 6.54 Å². The molecule has 0 spiro atoms. The Hall–Kier alpha value is -3.35. The third kappa shape index (κ3) is 3.76. The zero-order chi connectivity index (χ0) is 19.4. The lowest BCUT2D eigenvalue weighted by Gasteiger charge is -2.11. The van der Waals surface area contributed by atoms with Crippen molar-refractivity contribution in [3.8, 4) is 5.88 Å². The van der Waals surface area contributed by atoms with E-state index >= 15 is 0 Å². The number of hydrogen-bond donors (Lipinski definition) is 3. The van der Waals surface area contributed by atoms with Crippen LogP contribution in [0.4, 0.5) is 5.69 Å². The number of fused-ring (bicyclic) bond motifs is 1. The molecule has 27 heavy (non-hydrogen) atoms. The summed E-state index contributed by atoms with van der Waals surface area (Å²) in [4.78, 5) is 26.4. The summed E-state index contributed by atoms with van der Waals surface area (Å²) in [5, 5.41) is 16.8. The predicted molar refractivity (Wildman–Crippen MR) is 108 cm³/mol. The summed E-state index contributed by atoms with van der Waals surface area (Å²) < 4.78 is 1.16. The van der Waals surface area contributed by atoms with E-state index in [0.29, 0.717) is 13.0 Å². The Balaban J connectivity index is 1.99. The van der Waals surface area contributed by atoms with Crippen LogP contribution in [0.15, 0.2) is 57.2 Å². The Morgan fingerprint density at radius 2 is 1.93 bits per heavy atom. The SMILES string of the molecule is CCCCn1c(O)c(C(C)=NNc2cccc3ccccc23)c(=O)[nH]c1=O. The van der Waals surface area contributed by atoms with Crippen LogP contribution in [0, 0.1) is 0 Å². The Bertz CT molecular complexity index is 1110. The number of hydrazone groups is 1. The predicted octanol–water partition coefficient (Wildman–Crippen LogP) is 3.03. The molecule has 0 radical (unpaired) electrons. The number of nitrogens with one attached hydrogen (secondary N) is 2. The highest BCUT2D eigenvalue weighted by atomic mass is 16.3. The zero-order valence-electron chi connectivity index (χ0n) is 15.3. The standard InChI is InChI=1S/C20H22N4O3/c1-3-4-12-24-19(26)17(18(25)21-20(24)27)13(2)22-23-16-11-7-9-14-8-5-6-10-15(14)16/h5-11,23,26H,3-4,12H2,1-2H3,(H,21,25,27). The molecule has 1 aromatic heterocycles. The van der Waals surface area contributed by atoms with Gasteiger partial charge in [-0.25, -0.2) is 4.79 Å². The van der Waals surface area contributed by atoms with Gasteiger partial charge in [0.1, 0.15) is 5.56 Å². The topological polar surface area (TPSA) is 99.5 Å². The highest BCUT2D eigenvalue weighted by molar-refractivity contribution is 6.01. The Morgan fingerprint density at radius 1 is 1.19 bits per heavy atom. The summed E-state index contributed by atoms with van der Waals surface area (Å²) >= 11 is 0. The number of rotatable bonds is 6. The van der Waals surface area contributed by atoms with Crippen LogP contribution < -0.4 is 16.7 Å². The average molecular weight is 366 g/mol. The summed E-state index contributed by atoms with van der Waals surface area (Å²) in [6.07, 6.45) is 1.57. The van der Waals surface area contributed by atoms with Gasteiger partial charge in [0.25, 0.3) is 5.56 Å². The fourth-order valence-corrected chi connectivity index (χ4v) is 2.93. The minimum atomic E-state index is -0.661. The molecule has 0 amide bonds. The molecular weight excluding hydrogens is 344 g/mol. The van der Waals surface area contributed by atoms with Gasteiger partial charge >= 0.3 is 5.69 Å². The molecule has 0 bridgehead atoms. The van der Waals surface area contributed by atoms with Gasteiger partial charge in [0.2, 0.25) is 5.88 Å². The molecule has 3 rings (SSSR count). The molecule has 7 heteroatoms. The van der Waals surface area contributed by atoms with Crippen molar-refractivity contribution in [2.45, 2.75) is 33.2 Å². The molecular formula is C20H22N4O3. The molecule has 0 aliphatic carbocycles. The Kier molecular flexibility index (Phi) is 5.40. The number of H-pyrrole nitrogens is 1. The van der Waals surface area contributed by atoms with E-state index < -0.39 is 11.2 Å². The Labute approximate surface area is 156 Å². The summed E-state index contributed by atoms with van der Waals surface area (Å²) in [7, 11) is 0. The number of benzene rings is 2. The minimum Gasteiger partial charge on any atom is -0.494 e. The normalized spacial score (nSPS) is 11.7. The lowest BCUT2D eigenvalue weighted by molar-refractivity contribution is 0.394. The molecule has 3 aromatic rings. The molecule has 0 aliphatic rings. The van der Waals surface area contributed by atoms with Crippen molar-refractivity contribution >= 4 is 22.2 Å². The van der Waals surface area contributed by atoms with E-state index in [1.165, 1.54) is 0 Å². The first-order valence-electron chi connectivity index (χ1n) is 8.87. The lowest BCUT2D eigenvalue weighted by atomic mass is 10.1. The number of aromatic hydroxyl groups is 1. The van der Waals surface area contributed by atoms with Crippen LogP contribution in [-0.4, -0.2) is 20.4 Å². The van der Waals surface area contributed by atoms with Gasteiger partial charge < -0.3 is 5.11 Å². The van der Waals surface area contributed by atoms with Crippen molar-refractivity contribution in [3.05, 3.63) is 68.9 Å². The first-order valence-corrected chi connectivity index (χ1v) is 8.87. The van der Waals surface area contributed by atoms with E-state index in [2.05, 4.69) is 15.5 Å². The monoisotopic (exact) mass is 366 g/mol. The van der Waals surface area contributed by atoms with Crippen LogP contribution >= 0.6 is 0 Å². The van der Waals surface area contributed by atoms with Gasteiger partial charge in [-0.3, -0.25) is 19.8 Å². The van der Waals surface area contributed by atoms with Gasteiger partial charge in [-0.2, -0.15) is 5.10 Å². The zero-order valence-corrected chi connectivity index (χ0v) is 15.3. The van der Waals surface area contributed by atoms with Gasteiger partial charge in [0.15, 0.2) is 0 Å². The molecule has 140 valence electrons. The molecule has 2 aromatic carbocycles. The summed E-state index contributed by atoms with van der Waals surface area (Å²) in [5.41, 5.74) is 2.72. The third-order valence-electron chi connectivity index (χ3n) is 4.40. The van der Waals surface area contributed by atoms with Crippen molar-refractivity contribution in [2.75, 3.05) is 5.43 Å². The molecule has 0 unspecified atom stereocenters. The van der Waals surface area contributed by atoms with E-state index in [9.17, 15) is 14.7 Å². The summed E-state index contributed by atoms with van der Waals surface area (Å²) in [6, 6.07) is 13.6. The van der Waals surface area contributed by atoms with E-state index in [0.717, 1.165) is 27.4 Å². The van der Waals surface area contributed by atoms with Crippen LogP contribution in [0.3, 0.4) is 0 Å². The van der Waals surface area contributed by atoms with E-state index in [1.807, 2.05) is 49.4 Å². The van der Waals surface area contributed by atoms with Gasteiger partial charge in [-0.15, -0.1) is 0 Å². The quantitative estimate of drug-likeness (QED) is 0.461. The number of aromatic amines is 1. The van der Waals surface area contributed by atoms with Crippen LogP contribution in [0.5, 0.6) is 5.88 Å². The van der Waals surface area contributed by atoms with Gasteiger partial charge in [0.05, 0.1) is 11.4 Å². The fourth-order valence-electron chi connectivity index (χ4n) is 2.93. The van der Waals surface area contributed by atoms with E-state index in [-0.39, 0.29) is 17.2 Å². The highest BCUT2D eigenvalue weighted by Gasteiger charge is 2.16. The van der Waals surface area contributed by atoms with Crippen LogP contribution in [0.2, 0.25) is 0 Å². The van der Waals surface area contributed by atoms with Crippen LogP contribution in [0.25, 0.3) is 10.8 Å². The van der Waals surface area contributed by atoms with Gasteiger partial charge in [-0.1, -0.05) is 49.7 Å². The second-order valence-electron chi connectivity index (χ2n) is 6.30. The summed E-state index contributed by atoms with van der Waals surface area (Å²) in [6.45, 7) is 3.92. The maximum atomic E-state index is 12.2. The minimum absolute atomic E-state index is 0.0153. The first kappa shape index (κ1) is 18.4. The largest absolute Gasteiger partial charge is 0.494 e. The smallest absolute Gasteiger partial charge is 0.331 e. The number of unbranched alkanes of at least 4 members (excludes halogenated alkanes) is 1. The lowest BCUT2D eigenvalue weighted by Crippen LogP contribution is -2.33. The number of nitrogens with zero attached hydrogens (tertiary/aromatic N) is 2. The van der Waals surface area contributed by atoms with Crippen molar-refractivity contribution in [3.63, 3.8) is 0 Å². The molecule has 0 atom stereocenters. The average Bonchev–Trinajstić information content (AvgIpc) is 2.66. The van der Waals surface area contributed by atoms with Crippen molar-refractivity contribution in [2.24, 2.45) is 5.10 Å². The second kappa shape index (κ2) is 7.90. The molecule has 0 fully saturated rings. The molecule has 7 nitrogen and oxygen atoms in total. The molecule has 0 saturated heterocycles. The first-order chi connectivity index (χ1) is 13.0. The van der Waals surface area contributed by atoms with E-state index in [4.69, 9.17) is 0 Å². The number of anilines is 1. The van der Waals surface area contributed by atoms with Crippen molar-refractivity contribution < 1.29 is 5.11 Å². The van der Waals surface area contributed by atoms with Gasteiger partial charge in [-0.05, 0) is 24.8 Å². The van der Waals surface area contributed by atoms with E-state index in [1.54, 1.807) is 6.92 Å². The molecule has 0 aliphatic heterocycles.